The van der Waals surface area contributed by atoms with E-state index in [1.165, 1.54) is 12.1 Å². The van der Waals surface area contributed by atoms with Crippen LogP contribution in [0.25, 0.3) is 0 Å². The normalized spacial score (nSPS) is 11.7. The molecule has 0 saturated carbocycles. The van der Waals surface area contributed by atoms with Gasteiger partial charge in [-0.2, -0.15) is 0 Å². The molecule has 22 heavy (non-hydrogen) atoms. The molecule has 1 aromatic rings. The predicted octanol–water partition coefficient (Wildman–Crippen LogP) is 2.60. The van der Waals surface area contributed by atoms with Crippen LogP contribution in [0, 0.1) is 6.92 Å². The smallest absolute Gasteiger partial charge is 0.251 e. The Morgan fingerprint density at radius 3 is 2.50 bits per heavy atom. The molecule has 1 rings (SSSR count). The van der Waals surface area contributed by atoms with E-state index in [-0.39, 0.29) is 16.8 Å². The number of sulfonamides is 1. The summed E-state index contributed by atoms with van der Waals surface area (Å²) >= 11 is 0. The average Bonchev–Trinajstić information content (AvgIpc) is 2.43. The van der Waals surface area contributed by atoms with E-state index >= 15 is 0 Å². The number of rotatable bonds is 8. The lowest BCUT2D eigenvalue weighted by molar-refractivity contribution is 0.0942. The van der Waals surface area contributed by atoms with Gasteiger partial charge in [0, 0.05) is 18.2 Å². The lowest BCUT2D eigenvalue weighted by atomic mass is 10.1. The lowest BCUT2D eigenvalue weighted by Crippen LogP contribution is -2.31. The molecule has 0 aliphatic carbocycles. The van der Waals surface area contributed by atoms with Gasteiger partial charge in [0.25, 0.3) is 5.91 Å². The molecule has 0 bridgehead atoms. The van der Waals surface area contributed by atoms with Crippen molar-refractivity contribution in [2.75, 3.05) is 6.54 Å². The van der Waals surface area contributed by atoms with Crippen LogP contribution in [0.1, 0.15) is 56.0 Å². The van der Waals surface area contributed by atoms with E-state index in [1.807, 2.05) is 13.8 Å². The number of carbonyl (C=O) groups excluding carboxylic acids is 1. The maximum Gasteiger partial charge on any atom is 0.251 e. The Kier molecular flexibility index (Phi) is 7.03. The minimum atomic E-state index is -3.57. The summed E-state index contributed by atoms with van der Waals surface area (Å²) in [5.74, 6) is -0.254. The zero-order valence-electron chi connectivity index (χ0n) is 13.8. The highest BCUT2D eigenvalue weighted by Crippen LogP contribution is 2.16. The van der Waals surface area contributed by atoms with Crippen molar-refractivity contribution in [3.05, 3.63) is 29.3 Å². The summed E-state index contributed by atoms with van der Waals surface area (Å²) in [5.41, 5.74) is 1.15. The van der Waals surface area contributed by atoms with Crippen LogP contribution >= 0.6 is 0 Å². The highest BCUT2D eigenvalue weighted by molar-refractivity contribution is 7.89. The van der Waals surface area contributed by atoms with E-state index in [0.717, 1.165) is 24.8 Å². The molecule has 0 aliphatic rings. The van der Waals surface area contributed by atoms with Crippen LogP contribution in [0.3, 0.4) is 0 Å². The highest BCUT2D eigenvalue weighted by Gasteiger charge is 2.17. The van der Waals surface area contributed by atoms with Gasteiger partial charge in [0.05, 0.1) is 4.90 Å². The molecule has 5 nitrogen and oxygen atoms in total. The van der Waals surface area contributed by atoms with Crippen LogP contribution in [0.15, 0.2) is 23.1 Å². The molecule has 6 heteroatoms. The molecule has 0 heterocycles. The van der Waals surface area contributed by atoms with Crippen molar-refractivity contribution in [3.63, 3.8) is 0 Å². The molecule has 2 N–H and O–H groups in total. The van der Waals surface area contributed by atoms with Gasteiger partial charge in [0.1, 0.15) is 0 Å². The summed E-state index contributed by atoms with van der Waals surface area (Å²) < 4.78 is 27.1. The van der Waals surface area contributed by atoms with Crippen LogP contribution in [-0.2, 0) is 10.0 Å². The molecule has 0 spiro atoms. The minimum absolute atomic E-state index is 0.000618. The fraction of sp³-hybridized carbons (Fsp3) is 0.562. The summed E-state index contributed by atoms with van der Waals surface area (Å²) in [6.07, 6.45) is 2.83. The zero-order valence-corrected chi connectivity index (χ0v) is 14.6. The second kappa shape index (κ2) is 8.29. The molecule has 124 valence electrons. The number of aryl methyl sites for hydroxylation is 1. The summed E-state index contributed by atoms with van der Waals surface area (Å²) in [5, 5.41) is 2.78. The molecule has 0 atom stereocenters. The number of hydrogen-bond acceptors (Lipinski definition) is 3. The van der Waals surface area contributed by atoms with E-state index < -0.39 is 10.0 Å². The van der Waals surface area contributed by atoms with Crippen LogP contribution < -0.4 is 10.0 Å². The maximum absolute atomic E-state index is 12.3. The number of nitrogens with one attached hydrogen (secondary N) is 2. The fourth-order valence-electron chi connectivity index (χ4n) is 2.02. The van der Waals surface area contributed by atoms with Crippen molar-refractivity contribution in [1.82, 2.24) is 10.0 Å². The number of carbonyl (C=O) groups is 1. The first-order chi connectivity index (χ1) is 10.3. The maximum atomic E-state index is 12.3. The quantitative estimate of drug-likeness (QED) is 0.721. The Bertz CT molecular complexity index is 610. The van der Waals surface area contributed by atoms with Gasteiger partial charge in [0.2, 0.25) is 10.0 Å². The highest BCUT2D eigenvalue weighted by atomic mass is 32.2. The summed E-state index contributed by atoms with van der Waals surface area (Å²) in [4.78, 5) is 12.3. The first-order valence-corrected chi connectivity index (χ1v) is 9.17. The Balaban J connectivity index is 2.94. The molecule has 1 aromatic carbocycles. The van der Waals surface area contributed by atoms with Crippen LogP contribution in [-0.4, -0.2) is 26.9 Å². The minimum Gasteiger partial charge on any atom is -0.350 e. The molecule has 0 fully saturated rings. The van der Waals surface area contributed by atoms with Gasteiger partial charge in [-0.15, -0.1) is 0 Å². The van der Waals surface area contributed by atoms with E-state index in [1.54, 1.807) is 13.0 Å². The average molecular weight is 326 g/mol. The molecule has 0 radical (unpaired) electrons. The Morgan fingerprint density at radius 2 is 1.91 bits per heavy atom. The van der Waals surface area contributed by atoms with Gasteiger partial charge in [-0.1, -0.05) is 25.8 Å². The molecular formula is C16H26N2O3S. The SMILES string of the molecule is CCCCCNS(=O)(=O)c1ccc(C)c(C(=O)NC(C)C)c1. The van der Waals surface area contributed by atoms with Crippen molar-refractivity contribution < 1.29 is 13.2 Å². The topological polar surface area (TPSA) is 75.3 Å². The van der Waals surface area contributed by atoms with Crippen LogP contribution in [0.2, 0.25) is 0 Å². The standard InChI is InChI=1S/C16H26N2O3S/c1-5-6-7-10-17-22(20,21)14-9-8-13(4)15(11-14)16(19)18-12(2)3/h8-9,11-12,17H,5-7,10H2,1-4H3,(H,18,19). The fourth-order valence-corrected chi connectivity index (χ4v) is 3.12. The first-order valence-electron chi connectivity index (χ1n) is 7.69. The van der Waals surface area contributed by atoms with Gasteiger partial charge in [0.15, 0.2) is 0 Å². The zero-order chi connectivity index (χ0) is 16.8. The van der Waals surface area contributed by atoms with Gasteiger partial charge in [-0.25, -0.2) is 13.1 Å². The summed E-state index contributed by atoms with van der Waals surface area (Å²) in [7, 11) is -3.57. The lowest BCUT2D eigenvalue weighted by Gasteiger charge is -2.12. The number of hydrogen-bond donors (Lipinski definition) is 2. The van der Waals surface area contributed by atoms with Gasteiger partial charge in [-0.3, -0.25) is 4.79 Å². The predicted molar refractivity (Wildman–Crippen MR) is 88.5 cm³/mol. The second-order valence-electron chi connectivity index (χ2n) is 5.71. The number of amides is 1. The van der Waals surface area contributed by atoms with Gasteiger partial charge < -0.3 is 5.32 Å². The molecule has 0 aliphatic heterocycles. The molecule has 0 unspecified atom stereocenters. The Labute approximate surface area is 133 Å². The molecule has 1 amide bonds. The van der Waals surface area contributed by atoms with Crippen LogP contribution in [0.5, 0.6) is 0 Å². The van der Waals surface area contributed by atoms with Crippen molar-refractivity contribution in [1.29, 1.82) is 0 Å². The number of benzene rings is 1. The van der Waals surface area contributed by atoms with Crippen molar-refractivity contribution in [2.45, 2.75) is 57.9 Å². The Morgan fingerprint density at radius 1 is 1.23 bits per heavy atom. The van der Waals surface area contributed by atoms with Crippen molar-refractivity contribution >= 4 is 15.9 Å². The van der Waals surface area contributed by atoms with E-state index in [9.17, 15) is 13.2 Å². The third-order valence-corrected chi connectivity index (χ3v) is 4.71. The number of unbranched alkanes of at least 4 members (excludes halogenated alkanes) is 2. The third-order valence-electron chi connectivity index (χ3n) is 3.26. The van der Waals surface area contributed by atoms with E-state index in [4.69, 9.17) is 0 Å². The van der Waals surface area contributed by atoms with Crippen molar-refractivity contribution in [3.8, 4) is 0 Å². The molecule has 0 aromatic heterocycles. The summed E-state index contributed by atoms with van der Waals surface area (Å²) in [6, 6.07) is 4.63. The third kappa shape index (κ3) is 5.42. The van der Waals surface area contributed by atoms with Crippen LogP contribution in [0.4, 0.5) is 0 Å². The van der Waals surface area contributed by atoms with Gasteiger partial charge in [-0.05, 0) is 44.9 Å². The molecule has 0 saturated heterocycles. The van der Waals surface area contributed by atoms with E-state index in [2.05, 4.69) is 17.0 Å². The largest absolute Gasteiger partial charge is 0.350 e. The van der Waals surface area contributed by atoms with Crippen molar-refractivity contribution in [2.24, 2.45) is 0 Å². The molecular weight excluding hydrogens is 300 g/mol. The van der Waals surface area contributed by atoms with E-state index in [0.29, 0.717) is 12.1 Å². The second-order valence-corrected chi connectivity index (χ2v) is 7.48. The van der Waals surface area contributed by atoms with Gasteiger partial charge >= 0.3 is 0 Å². The first kappa shape index (κ1) is 18.6. The monoisotopic (exact) mass is 326 g/mol. The Hall–Kier alpha value is -1.40. The summed E-state index contributed by atoms with van der Waals surface area (Å²) in [6.45, 7) is 8.00.